The molecule has 5 heteroatoms. The van der Waals surface area contributed by atoms with Crippen LogP contribution in [0.4, 0.5) is 5.69 Å². The molecule has 2 aliphatic rings. The van der Waals surface area contributed by atoms with E-state index < -0.39 is 0 Å². The predicted octanol–water partition coefficient (Wildman–Crippen LogP) is 3.70. The number of benzene rings is 1. The molecule has 1 aliphatic carbocycles. The first kappa shape index (κ1) is 18.6. The molecule has 2 fully saturated rings. The number of imide groups is 1. The summed E-state index contributed by atoms with van der Waals surface area (Å²) in [5, 5.41) is 2.85. The maximum atomic E-state index is 12.4. The molecule has 3 rings (SSSR count). The monoisotopic (exact) mass is 356 g/mol. The maximum Gasteiger partial charge on any atom is 0.233 e. The summed E-state index contributed by atoms with van der Waals surface area (Å²) in [4.78, 5) is 38.4. The van der Waals surface area contributed by atoms with Crippen molar-refractivity contribution in [1.82, 2.24) is 4.90 Å². The molecule has 1 N–H and O–H groups in total. The lowest BCUT2D eigenvalue weighted by Crippen LogP contribution is -2.34. The van der Waals surface area contributed by atoms with Gasteiger partial charge >= 0.3 is 0 Å². The number of likely N-dealkylation sites (tertiary alicyclic amines) is 1. The third-order valence-corrected chi connectivity index (χ3v) is 5.87. The van der Waals surface area contributed by atoms with Crippen molar-refractivity contribution in [3.8, 4) is 0 Å². The highest BCUT2D eigenvalue weighted by Crippen LogP contribution is 2.38. The van der Waals surface area contributed by atoms with E-state index in [9.17, 15) is 14.4 Å². The Morgan fingerprint density at radius 2 is 1.69 bits per heavy atom. The van der Waals surface area contributed by atoms with E-state index in [1.165, 1.54) is 10.5 Å². The second-order valence-corrected chi connectivity index (χ2v) is 7.56. The summed E-state index contributed by atoms with van der Waals surface area (Å²) in [7, 11) is 0. The van der Waals surface area contributed by atoms with Crippen molar-refractivity contribution in [2.45, 2.75) is 58.3 Å². The molecule has 1 aromatic carbocycles. The number of anilines is 1. The van der Waals surface area contributed by atoms with Gasteiger partial charge in [0.05, 0.1) is 11.8 Å². The first-order valence-corrected chi connectivity index (χ1v) is 9.76. The van der Waals surface area contributed by atoms with Gasteiger partial charge in [-0.15, -0.1) is 0 Å². The van der Waals surface area contributed by atoms with E-state index in [0.29, 0.717) is 5.92 Å². The smallest absolute Gasteiger partial charge is 0.233 e. The number of carbonyl (C=O) groups is 3. The average Bonchev–Trinajstić information content (AvgIpc) is 2.91. The lowest BCUT2D eigenvalue weighted by molar-refractivity contribution is -0.140. The van der Waals surface area contributed by atoms with Gasteiger partial charge in [0.2, 0.25) is 17.7 Å². The molecular formula is C21H28N2O3. The molecule has 1 aliphatic heterocycles. The van der Waals surface area contributed by atoms with Crippen LogP contribution in [-0.4, -0.2) is 29.2 Å². The lowest BCUT2D eigenvalue weighted by atomic mass is 9.81. The van der Waals surface area contributed by atoms with Gasteiger partial charge in [-0.25, -0.2) is 0 Å². The predicted molar refractivity (Wildman–Crippen MR) is 101 cm³/mol. The second-order valence-electron chi connectivity index (χ2n) is 7.56. The molecular weight excluding hydrogens is 328 g/mol. The SMILES string of the molecule is CC[C@H](C)c1ccc(NC(=O)CCN2C(=O)[C@H]3CCCC[C@H]3C2=O)cc1. The molecule has 140 valence electrons. The summed E-state index contributed by atoms with van der Waals surface area (Å²) in [5.41, 5.74) is 2.00. The minimum Gasteiger partial charge on any atom is -0.326 e. The molecule has 5 nitrogen and oxygen atoms in total. The van der Waals surface area contributed by atoms with Crippen molar-refractivity contribution in [1.29, 1.82) is 0 Å². The Labute approximate surface area is 155 Å². The number of nitrogens with zero attached hydrogens (tertiary/aromatic N) is 1. The molecule has 26 heavy (non-hydrogen) atoms. The highest BCUT2D eigenvalue weighted by Gasteiger charge is 2.47. The number of nitrogens with one attached hydrogen (secondary N) is 1. The zero-order valence-electron chi connectivity index (χ0n) is 15.7. The maximum absolute atomic E-state index is 12.4. The van der Waals surface area contributed by atoms with Gasteiger partial charge < -0.3 is 5.32 Å². The standard InChI is InChI=1S/C21H28N2O3/c1-3-14(2)15-8-10-16(11-9-15)22-19(24)12-13-23-20(25)17-6-4-5-7-18(17)21(23)26/h8-11,14,17-18H,3-7,12-13H2,1-2H3,(H,22,24)/t14-,17-,18+/m0/s1. The molecule has 1 saturated carbocycles. The molecule has 3 amide bonds. The molecule has 0 aromatic heterocycles. The van der Waals surface area contributed by atoms with Crippen LogP contribution in [0.5, 0.6) is 0 Å². The summed E-state index contributed by atoms with van der Waals surface area (Å²) < 4.78 is 0. The molecule has 1 heterocycles. The van der Waals surface area contributed by atoms with E-state index in [0.717, 1.165) is 37.8 Å². The van der Waals surface area contributed by atoms with Crippen LogP contribution in [0.3, 0.4) is 0 Å². The van der Waals surface area contributed by atoms with Crippen molar-refractivity contribution in [2.24, 2.45) is 11.8 Å². The molecule has 3 atom stereocenters. The molecule has 0 spiro atoms. The molecule has 0 radical (unpaired) electrons. The van der Waals surface area contributed by atoms with E-state index in [1.54, 1.807) is 0 Å². The summed E-state index contributed by atoms with van der Waals surface area (Å²) >= 11 is 0. The van der Waals surface area contributed by atoms with Gasteiger partial charge in [-0.1, -0.05) is 38.8 Å². The zero-order valence-corrected chi connectivity index (χ0v) is 15.7. The summed E-state index contributed by atoms with van der Waals surface area (Å²) in [6.45, 7) is 4.51. The summed E-state index contributed by atoms with van der Waals surface area (Å²) in [5.74, 6) is -0.122. The zero-order chi connectivity index (χ0) is 18.7. The summed E-state index contributed by atoms with van der Waals surface area (Å²) in [6, 6.07) is 7.87. The normalized spacial score (nSPS) is 23.7. The summed E-state index contributed by atoms with van der Waals surface area (Å²) in [6.07, 6.45) is 4.86. The van der Waals surface area contributed by atoms with Crippen LogP contribution >= 0.6 is 0 Å². The van der Waals surface area contributed by atoms with Gasteiger partial charge in [0.15, 0.2) is 0 Å². The van der Waals surface area contributed by atoms with Crippen LogP contribution in [0.1, 0.15) is 63.9 Å². The van der Waals surface area contributed by atoms with Gasteiger partial charge in [-0.3, -0.25) is 19.3 Å². The van der Waals surface area contributed by atoms with Gasteiger partial charge in [0, 0.05) is 18.7 Å². The molecule has 0 bridgehead atoms. The first-order chi connectivity index (χ1) is 12.5. The first-order valence-electron chi connectivity index (χ1n) is 9.76. The topological polar surface area (TPSA) is 66.5 Å². The minimum absolute atomic E-state index is 0.0783. The van der Waals surface area contributed by atoms with E-state index in [1.807, 2.05) is 24.3 Å². The van der Waals surface area contributed by atoms with Crippen molar-refractivity contribution < 1.29 is 14.4 Å². The van der Waals surface area contributed by atoms with Crippen molar-refractivity contribution in [3.05, 3.63) is 29.8 Å². The van der Waals surface area contributed by atoms with Crippen molar-refractivity contribution >= 4 is 23.4 Å². The van der Waals surface area contributed by atoms with Crippen molar-refractivity contribution in [2.75, 3.05) is 11.9 Å². The number of hydrogen-bond acceptors (Lipinski definition) is 3. The van der Waals surface area contributed by atoms with Crippen LogP contribution in [0.25, 0.3) is 0 Å². The number of fused-ring (bicyclic) bond motifs is 1. The number of hydrogen-bond donors (Lipinski definition) is 1. The number of rotatable bonds is 6. The fourth-order valence-corrected chi connectivity index (χ4v) is 4.02. The fraction of sp³-hybridized carbons (Fsp3) is 0.571. The van der Waals surface area contributed by atoms with Crippen LogP contribution in [0.2, 0.25) is 0 Å². The molecule has 1 saturated heterocycles. The number of amides is 3. The Bertz CT molecular complexity index is 659. The van der Waals surface area contributed by atoms with Crippen LogP contribution in [0, 0.1) is 11.8 Å². The highest BCUT2D eigenvalue weighted by molar-refractivity contribution is 6.05. The van der Waals surface area contributed by atoms with Crippen LogP contribution in [-0.2, 0) is 14.4 Å². The average molecular weight is 356 g/mol. The Morgan fingerprint density at radius 1 is 1.12 bits per heavy atom. The van der Waals surface area contributed by atoms with Crippen LogP contribution in [0.15, 0.2) is 24.3 Å². The lowest BCUT2D eigenvalue weighted by Gasteiger charge is -2.19. The third-order valence-electron chi connectivity index (χ3n) is 5.87. The Kier molecular flexibility index (Phi) is 5.74. The van der Waals surface area contributed by atoms with E-state index in [2.05, 4.69) is 19.2 Å². The van der Waals surface area contributed by atoms with E-state index in [-0.39, 0.29) is 42.5 Å². The number of carbonyl (C=O) groups excluding carboxylic acids is 3. The Balaban J connectivity index is 1.52. The minimum atomic E-state index is -0.170. The van der Waals surface area contributed by atoms with Gasteiger partial charge in [-0.2, -0.15) is 0 Å². The second kappa shape index (κ2) is 8.02. The largest absolute Gasteiger partial charge is 0.326 e. The highest BCUT2D eigenvalue weighted by atomic mass is 16.2. The molecule has 0 unspecified atom stereocenters. The van der Waals surface area contributed by atoms with Gasteiger partial charge in [0.1, 0.15) is 0 Å². The fourth-order valence-electron chi connectivity index (χ4n) is 4.02. The quantitative estimate of drug-likeness (QED) is 0.790. The third kappa shape index (κ3) is 3.81. The van der Waals surface area contributed by atoms with Gasteiger partial charge in [0.25, 0.3) is 0 Å². The van der Waals surface area contributed by atoms with Crippen molar-refractivity contribution in [3.63, 3.8) is 0 Å². The Hall–Kier alpha value is -2.17. The Morgan fingerprint density at radius 3 is 2.23 bits per heavy atom. The molecule has 1 aromatic rings. The van der Waals surface area contributed by atoms with E-state index >= 15 is 0 Å². The van der Waals surface area contributed by atoms with E-state index in [4.69, 9.17) is 0 Å². The van der Waals surface area contributed by atoms with Gasteiger partial charge in [-0.05, 0) is 42.9 Å². The van der Waals surface area contributed by atoms with Crippen LogP contribution < -0.4 is 5.32 Å².